The normalized spacial score (nSPS) is 10.8. The molecular weight excluding hydrogens is 350 g/mol. The molecular formula is C20H18ClN3O2. The number of benzene rings is 2. The third kappa shape index (κ3) is 4.74. The topological polar surface area (TPSA) is 66.6 Å². The van der Waals surface area contributed by atoms with E-state index in [0.29, 0.717) is 16.5 Å². The van der Waals surface area contributed by atoms with Crippen molar-refractivity contribution in [2.75, 3.05) is 11.9 Å². The average Bonchev–Trinajstić information content (AvgIpc) is 3.10. The van der Waals surface area contributed by atoms with Gasteiger partial charge in [-0.2, -0.15) is 5.10 Å². The van der Waals surface area contributed by atoms with Crippen LogP contribution in [-0.2, 0) is 4.79 Å². The highest BCUT2D eigenvalue weighted by atomic mass is 35.5. The number of nitrogens with one attached hydrogen (secondary N) is 2. The minimum absolute atomic E-state index is 0.133. The van der Waals surface area contributed by atoms with Gasteiger partial charge in [0.05, 0.1) is 12.8 Å². The van der Waals surface area contributed by atoms with Gasteiger partial charge >= 0.3 is 0 Å². The lowest BCUT2D eigenvalue weighted by molar-refractivity contribution is -0.119. The van der Waals surface area contributed by atoms with Gasteiger partial charge in [-0.05, 0) is 42.8 Å². The molecule has 5 nitrogen and oxygen atoms in total. The molecule has 132 valence electrons. The highest BCUT2D eigenvalue weighted by Gasteiger charge is 2.05. The quantitative estimate of drug-likeness (QED) is 0.499. The van der Waals surface area contributed by atoms with E-state index in [1.165, 1.54) is 6.21 Å². The predicted octanol–water partition coefficient (Wildman–Crippen LogP) is 4.47. The van der Waals surface area contributed by atoms with Gasteiger partial charge in [0, 0.05) is 16.3 Å². The average molecular weight is 368 g/mol. The Morgan fingerprint density at radius 1 is 1.15 bits per heavy atom. The molecule has 0 radical (unpaired) electrons. The van der Waals surface area contributed by atoms with Crippen molar-refractivity contribution in [3.63, 3.8) is 0 Å². The molecule has 0 spiro atoms. The smallest absolute Gasteiger partial charge is 0.259 e. The number of rotatable bonds is 6. The van der Waals surface area contributed by atoms with Crippen molar-refractivity contribution >= 4 is 29.4 Å². The fourth-order valence-electron chi connectivity index (χ4n) is 2.37. The van der Waals surface area contributed by atoms with Crippen molar-refractivity contribution < 1.29 is 9.21 Å². The van der Waals surface area contributed by atoms with Crippen LogP contribution in [0.4, 0.5) is 5.69 Å². The van der Waals surface area contributed by atoms with E-state index in [4.69, 9.17) is 16.0 Å². The highest BCUT2D eigenvalue weighted by Crippen LogP contribution is 2.24. The van der Waals surface area contributed by atoms with Gasteiger partial charge in [0.15, 0.2) is 0 Å². The molecule has 1 heterocycles. The standard InChI is InChI=1S/C20H18ClN3O2/c1-14-5-2-3-8-18(14)22-13-20(25)24-23-12-17-9-10-19(26-17)15-6-4-7-16(21)11-15/h2-12,22H,13H2,1H3,(H,24,25). The maximum absolute atomic E-state index is 11.8. The Hall–Kier alpha value is -3.05. The van der Waals surface area contributed by atoms with E-state index in [1.807, 2.05) is 55.5 Å². The van der Waals surface area contributed by atoms with Crippen molar-refractivity contribution in [1.82, 2.24) is 5.43 Å². The van der Waals surface area contributed by atoms with Gasteiger partial charge < -0.3 is 9.73 Å². The van der Waals surface area contributed by atoms with Crippen LogP contribution in [0.25, 0.3) is 11.3 Å². The first-order valence-corrected chi connectivity index (χ1v) is 8.47. The third-order valence-electron chi connectivity index (χ3n) is 3.70. The molecule has 0 unspecified atom stereocenters. The number of carbonyl (C=O) groups excluding carboxylic acids is 1. The summed E-state index contributed by atoms with van der Waals surface area (Å²) in [5, 5.41) is 7.63. The number of hydrogen-bond acceptors (Lipinski definition) is 4. The number of anilines is 1. The molecule has 0 saturated carbocycles. The van der Waals surface area contributed by atoms with Crippen LogP contribution in [0.3, 0.4) is 0 Å². The Morgan fingerprint density at radius 2 is 2.00 bits per heavy atom. The van der Waals surface area contributed by atoms with Gasteiger partial charge in [-0.1, -0.05) is 41.9 Å². The minimum Gasteiger partial charge on any atom is -0.455 e. The molecule has 1 amide bonds. The Labute approximate surface area is 156 Å². The zero-order chi connectivity index (χ0) is 18.4. The summed E-state index contributed by atoms with van der Waals surface area (Å²) in [5.74, 6) is 0.972. The number of hydrazone groups is 1. The molecule has 0 atom stereocenters. The van der Waals surface area contributed by atoms with Crippen molar-refractivity contribution in [2.45, 2.75) is 6.92 Å². The van der Waals surface area contributed by atoms with E-state index < -0.39 is 0 Å². The molecule has 2 N–H and O–H groups in total. The second-order valence-corrected chi connectivity index (χ2v) is 6.11. The van der Waals surface area contributed by atoms with Crippen LogP contribution in [-0.4, -0.2) is 18.7 Å². The first-order chi connectivity index (χ1) is 12.6. The molecule has 26 heavy (non-hydrogen) atoms. The molecule has 0 aliphatic rings. The molecule has 0 saturated heterocycles. The number of carbonyl (C=O) groups is 1. The Balaban J connectivity index is 1.52. The van der Waals surface area contributed by atoms with Crippen LogP contribution in [0.1, 0.15) is 11.3 Å². The summed E-state index contributed by atoms with van der Waals surface area (Å²) in [5.41, 5.74) is 5.34. The van der Waals surface area contributed by atoms with Crippen molar-refractivity contribution in [3.05, 3.63) is 77.0 Å². The van der Waals surface area contributed by atoms with Crippen LogP contribution >= 0.6 is 11.6 Å². The minimum atomic E-state index is -0.244. The summed E-state index contributed by atoms with van der Waals surface area (Å²) >= 11 is 5.98. The molecule has 3 aromatic rings. The predicted molar refractivity (Wildman–Crippen MR) is 105 cm³/mol. The SMILES string of the molecule is Cc1ccccc1NCC(=O)NN=Cc1ccc(-c2cccc(Cl)c2)o1. The van der Waals surface area contributed by atoms with Gasteiger partial charge in [0.1, 0.15) is 11.5 Å². The molecule has 0 aliphatic carbocycles. The lowest BCUT2D eigenvalue weighted by Crippen LogP contribution is -2.26. The Kier molecular flexibility index (Phi) is 5.71. The lowest BCUT2D eigenvalue weighted by Gasteiger charge is -2.07. The molecule has 2 aromatic carbocycles. The lowest BCUT2D eigenvalue weighted by atomic mass is 10.2. The van der Waals surface area contributed by atoms with Gasteiger partial charge in [0.2, 0.25) is 0 Å². The van der Waals surface area contributed by atoms with Crippen LogP contribution in [0, 0.1) is 6.92 Å². The number of nitrogens with zero attached hydrogens (tertiary/aromatic N) is 1. The number of amides is 1. The summed E-state index contributed by atoms with van der Waals surface area (Å²) in [6, 6.07) is 18.8. The maximum Gasteiger partial charge on any atom is 0.259 e. The van der Waals surface area contributed by atoms with Crippen molar-refractivity contribution in [3.8, 4) is 11.3 Å². The summed E-state index contributed by atoms with van der Waals surface area (Å²) < 4.78 is 5.68. The van der Waals surface area contributed by atoms with Gasteiger partial charge in [-0.3, -0.25) is 4.79 Å². The summed E-state index contributed by atoms with van der Waals surface area (Å²) in [6.45, 7) is 2.11. The largest absolute Gasteiger partial charge is 0.455 e. The molecule has 1 aromatic heterocycles. The molecule has 6 heteroatoms. The second kappa shape index (κ2) is 8.36. The maximum atomic E-state index is 11.8. The van der Waals surface area contributed by atoms with Crippen molar-refractivity contribution in [1.29, 1.82) is 0 Å². The van der Waals surface area contributed by atoms with E-state index in [-0.39, 0.29) is 12.5 Å². The number of para-hydroxylation sites is 1. The summed E-state index contributed by atoms with van der Waals surface area (Å²) in [4.78, 5) is 11.8. The molecule has 0 bridgehead atoms. The van der Waals surface area contributed by atoms with Gasteiger partial charge in [-0.15, -0.1) is 0 Å². The zero-order valence-electron chi connectivity index (χ0n) is 14.2. The fourth-order valence-corrected chi connectivity index (χ4v) is 2.56. The van der Waals surface area contributed by atoms with Gasteiger partial charge in [-0.25, -0.2) is 5.43 Å². The first kappa shape index (κ1) is 17.8. The molecule has 0 aliphatic heterocycles. The van der Waals surface area contributed by atoms with Gasteiger partial charge in [0.25, 0.3) is 5.91 Å². The Bertz CT molecular complexity index is 934. The van der Waals surface area contributed by atoms with Crippen LogP contribution in [0.15, 0.2) is 70.2 Å². The first-order valence-electron chi connectivity index (χ1n) is 8.09. The van der Waals surface area contributed by atoms with E-state index >= 15 is 0 Å². The highest BCUT2D eigenvalue weighted by molar-refractivity contribution is 6.30. The third-order valence-corrected chi connectivity index (χ3v) is 3.94. The van der Waals surface area contributed by atoms with E-state index in [0.717, 1.165) is 16.8 Å². The number of halogens is 1. The van der Waals surface area contributed by atoms with Crippen LogP contribution < -0.4 is 10.7 Å². The van der Waals surface area contributed by atoms with Crippen molar-refractivity contribution in [2.24, 2.45) is 5.10 Å². The molecule has 3 rings (SSSR count). The van der Waals surface area contributed by atoms with E-state index in [2.05, 4.69) is 15.8 Å². The monoisotopic (exact) mass is 367 g/mol. The summed E-state index contributed by atoms with van der Waals surface area (Å²) in [6.07, 6.45) is 1.46. The fraction of sp³-hybridized carbons (Fsp3) is 0.100. The molecule has 0 fully saturated rings. The Morgan fingerprint density at radius 3 is 2.81 bits per heavy atom. The zero-order valence-corrected chi connectivity index (χ0v) is 15.0. The van der Waals surface area contributed by atoms with E-state index in [1.54, 1.807) is 12.1 Å². The number of aryl methyl sites for hydroxylation is 1. The number of hydrogen-bond donors (Lipinski definition) is 2. The van der Waals surface area contributed by atoms with E-state index in [9.17, 15) is 4.79 Å². The second-order valence-electron chi connectivity index (χ2n) is 5.67. The van der Waals surface area contributed by atoms with Crippen LogP contribution in [0.2, 0.25) is 5.02 Å². The number of furan rings is 1. The van der Waals surface area contributed by atoms with Crippen LogP contribution in [0.5, 0.6) is 0 Å². The summed E-state index contributed by atoms with van der Waals surface area (Å²) in [7, 11) is 0.